The van der Waals surface area contributed by atoms with Gasteiger partial charge in [-0.15, -0.1) is 0 Å². The molecule has 0 amide bonds. The summed E-state index contributed by atoms with van der Waals surface area (Å²) in [5, 5.41) is 14.4. The summed E-state index contributed by atoms with van der Waals surface area (Å²) < 4.78 is 27.3. The van der Waals surface area contributed by atoms with Gasteiger partial charge in [-0.3, -0.25) is 9.58 Å². The van der Waals surface area contributed by atoms with Crippen LogP contribution in [0.5, 0.6) is 0 Å². The molecule has 2 saturated heterocycles. The van der Waals surface area contributed by atoms with Gasteiger partial charge in [0.15, 0.2) is 0 Å². The van der Waals surface area contributed by atoms with Crippen molar-refractivity contribution >= 4 is 10.0 Å². The van der Waals surface area contributed by atoms with Gasteiger partial charge in [0.05, 0.1) is 18.6 Å². The van der Waals surface area contributed by atoms with Gasteiger partial charge in [0.2, 0.25) is 10.0 Å². The van der Waals surface area contributed by atoms with Crippen LogP contribution in [-0.2, 0) is 23.1 Å². The van der Waals surface area contributed by atoms with E-state index >= 15 is 0 Å². The van der Waals surface area contributed by atoms with E-state index in [0.29, 0.717) is 13.1 Å². The molecule has 8 heteroatoms. The Labute approximate surface area is 144 Å². The van der Waals surface area contributed by atoms with E-state index in [9.17, 15) is 13.5 Å². The van der Waals surface area contributed by atoms with Crippen molar-refractivity contribution in [2.75, 3.05) is 39.0 Å². The van der Waals surface area contributed by atoms with E-state index in [4.69, 9.17) is 0 Å². The van der Waals surface area contributed by atoms with Crippen molar-refractivity contribution in [1.29, 1.82) is 0 Å². The van der Waals surface area contributed by atoms with Crippen molar-refractivity contribution in [3.05, 3.63) is 17.5 Å². The number of hydrogen-bond acceptors (Lipinski definition) is 5. The molecule has 136 valence electrons. The van der Waals surface area contributed by atoms with Crippen LogP contribution >= 0.6 is 0 Å². The van der Waals surface area contributed by atoms with Gasteiger partial charge in [-0.2, -0.15) is 5.10 Å². The number of aromatic nitrogens is 2. The van der Waals surface area contributed by atoms with E-state index in [1.165, 1.54) is 16.1 Å². The van der Waals surface area contributed by atoms with Crippen LogP contribution in [0.1, 0.15) is 24.6 Å². The zero-order valence-corrected chi connectivity index (χ0v) is 15.6. The summed E-state index contributed by atoms with van der Waals surface area (Å²) in [5.41, 5.74) is 2.01. The highest BCUT2D eigenvalue weighted by Crippen LogP contribution is 2.43. The number of aryl methyl sites for hydroxylation is 2. The van der Waals surface area contributed by atoms with Crippen molar-refractivity contribution in [2.45, 2.75) is 33.4 Å². The number of hydrogen-bond donors (Lipinski definition) is 1. The summed E-state index contributed by atoms with van der Waals surface area (Å²) in [6.07, 6.45) is 4.19. The molecule has 0 aromatic carbocycles. The normalized spacial score (nSPS) is 29.1. The maximum atomic E-state index is 11.9. The number of rotatable bonds is 5. The topological polar surface area (TPSA) is 78.7 Å². The van der Waals surface area contributed by atoms with Crippen LogP contribution in [0, 0.1) is 18.3 Å². The molecular formula is C16H28N4O3S. The zero-order chi connectivity index (χ0) is 17.5. The molecule has 7 nitrogen and oxygen atoms in total. The number of sulfonamides is 1. The molecule has 1 aromatic heterocycles. The fourth-order valence-corrected chi connectivity index (χ4v) is 5.02. The summed E-state index contributed by atoms with van der Waals surface area (Å²) in [4.78, 5) is 2.37. The Morgan fingerprint density at radius 2 is 2.17 bits per heavy atom. The molecular weight excluding hydrogens is 328 g/mol. The van der Waals surface area contributed by atoms with Crippen LogP contribution in [0.25, 0.3) is 0 Å². The Kier molecular flexibility index (Phi) is 4.76. The average molecular weight is 356 g/mol. The fraction of sp³-hybridized carbons (Fsp3) is 0.812. The molecule has 2 aliphatic rings. The van der Waals surface area contributed by atoms with E-state index < -0.39 is 10.0 Å². The second kappa shape index (κ2) is 6.40. The minimum Gasteiger partial charge on any atom is -0.396 e. The highest BCUT2D eigenvalue weighted by Gasteiger charge is 2.51. The molecule has 0 unspecified atom stereocenters. The summed E-state index contributed by atoms with van der Waals surface area (Å²) in [6.45, 7) is 8.54. The van der Waals surface area contributed by atoms with E-state index in [0.717, 1.165) is 38.3 Å². The third-order valence-electron chi connectivity index (χ3n) is 5.74. The second-order valence-electron chi connectivity index (χ2n) is 7.35. The number of aliphatic hydroxyl groups excluding tert-OH is 1. The molecule has 0 aliphatic carbocycles. The van der Waals surface area contributed by atoms with Gasteiger partial charge >= 0.3 is 0 Å². The average Bonchev–Trinajstić information content (AvgIpc) is 3.08. The van der Waals surface area contributed by atoms with Crippen molar-refractivity contribution < 1.29 is 13.5 Å². The highest BCUT2D eigenvalue weighted by molar-refractivity contribution is 7.88. The lowest BCUT2D eigenvalue weighted by Crippen LogP contribution is -2.48. The molecule has 1 aromatic rings. The van der Waals surface area contributed by atoms with E-state index in [1.807, 2.05) is 11.6 Å². The first-order valence-electron chi connectivity index (χ1n) is 8.58. The van der Waals surface area contributed by atoms with Crippen LogP contribution in [0.4, 0.5) is 0 Å². The lowest BCUT2D eigenvalue weighted by atomic mass is 9.73. The minimum atomic E-state index is -3.20. The van der Waals surface area contributed by atoms with Crippen LogP contribution in [-0.4, -0.2) is 71.6 Å². The Bertz CT molecular complexity index is 702. The van der Waals surface area contributed by atoms with Crippen molar-refractivity contribution in [3.8, 4) is 0 Å². The number of piperidine rings is 1. The number of likely N-dealkylation sites (tertiary alicyclic amines) is 1. The Morgan fingerprint density at radius 3 is 2.75 bits per heavy atom. The third-order valence-corrected chi connectivity index (χ3v) is 6.95. The Balaban J connectivity index is 1.72. The largest absolute Gasteiger partial charge is 0.396 e. The van der Waals surface area contributed by atoms with E-state index in [1.54, 1.807) is 0 Å². The SMILES string of the molecule is CCn1cc(CN2CC[C@@]3(CO)CN(S(C)(=O)=O)C[C@H]3C2)c(C)n1. The molecule has 2 aliphatic heterocycles. The van der Waals surface area contributed by atoms with Gasteiger partial charge < -0.3 is 5.11 Å². The van der Waals surface area contributed by atoms with Gasteiger partial charge in [0.1, 0.15) is 0 Å². The van der Waals surface area contributed by atoms with Crippen molar-refractivity contribution in [2.24, 2.45) is 11.3 Å². The number of aliphatic hydroxyl groups is 1. The van der Waals surface area contributed by atoms with Crippen molar-refractivity contribution in [3.63, 3.8) is 0 Å². The minimum absolute atomic E-state index is 0.0598. The highest BCUT2D eigenvalue weighted by atomic mass is 32.2. The van der Waals surface area contributed by atoms with Crippen molar-refractivity contribution in [1.82, 2.24) is 19.0 Å². The molecule has 24 heavy (non-hydrogen) atoms. The first-order chi connectivity index (χ1) is 11.3. The van der Waals surface area contributed by atoms with Crippen LogP contribution in [0.15, 0.2) is 6.20 Å². The van der Waals surface area contributed by atoms with Gasteiger partial charge in [-0.25, -0.2) is 12.7 Å². The van der Waals surface area contributed by atoms with E-state index in [2.05, 4.69) is 23.1 Å². The Morgan fingerprint density at radius 1 is 1.42 bits per heavy atom. The van der Waals surface area contributed by atoms with Gasteiger partial charge in [0, 0.05) is 49.9 Å². The monoisotopic (exact) mass is 356 g/mol. The number of nitrogens with zero attached hydrogens (tertiary/aromatic N) is 4. The second-order valence-corrected chi connectivity index (χ2v) is 9.34. The standard InChI is InChI=1S/C16H28N4O3S/c1-4-19-8-14(13(2)17-19)7-18-6-5-16(12-21)11-20(24(3,22)23)10-15(16)9-18/h8,15,21H,4-7,9-12H2,1-3H3/t15-,16+/m1/s1. The first kappa shape index (κ1) is 17.8. The van der Waals surface area contributed by atoms with Gasteiger partial charge in [-0.05, 0) is 32.7 Å². The molecule has 0 radical (unpaired) electrons. The van der Waals surface area contributed by atoms with Gasteiger partial charge in [0.25, 0.3) is 0 Å². The summed E-state index contributed by atoms with van der Waals surface area (Å²) >= 11 is 0. The lowest BCUT2D eigenvalue weighted by Gasteiger charge is -2.42. The molecule has 1 N–H and O–H groups in total. The Hall–Kier alpha value is -0.960. The maximum Gasteiger partial charge on any atom is 0.211 e. The molecule has 2 atom stereocenters. The molecule has 3 heterocycles. The van der Waals surface area contributed by atoms with Crippen LogP contribution < -0.4 is 0 Å². The fourth-order valence-electron chi connectivity index (χ4n) is 4.07. The molecule has 0 saturated carbocycles. The van der Waals surface area contributed by atoms with E-state index in [-0.39, 0.29) is 17.9 Å². The quantitative estimate of drug-likeness (QED) is 0.820. The lowest BCUT2D eigenvalue weighted by molar-refractivity contribution is 0.0169. The summed E-state index contributed by atoms with van der Waals surface area (Å²) in [5.74, 6) is 0.188. The molecule has 0 spiro atoms. The predicted molar refractivity (Wildman–Crippen MR) is 92.0 cm³/mol. The number of fused-ring (bicyclic) bond motifs is 1. The zero-order valence-electron chi connectivity index (χ0n) is 14.8. The first-order valence-corrected chi connectivity index (χ1v) is 10.4. The predicted octanol–water partition coefficient (Wildman–Crippen LogP) is 0.287. The third kappa shape index (κ3) is 3.24. The summed E-state index contributed by atoms with van der Waals surface area (Å²) in [6, 6.07) is 0. The van der Waals surface area contributed by atoms with Crippen LogP contribution in [0.2, 0.25) is 0 Å². The smallest absolute Gasteiger partial charge is 0.211 e. The maximum absolute atomic E-state index is 11.9. The molecule has 3 rings (SSSR count). The molecule has 0 bridgehead atoms. The van der Waals surface area contributed by atoms with Crippen LogP contribution in [0.3, 0.4) is 0 Å². The summed E-state index contributed by atoms with van der Waals surface area (Å²) in [7, 11) is -3.20. The molecule has 2 fully saturated rings. The van der Waals surface area contributed by atoms with Gasteiger partial charge in [-0.1, -0.05) is 0 Å².